The lowest BCUT2D eigenvalue weighted by molar-refractivity contribution is -0.0964. The van der Waals surface area contributed by atoms with E-state index in [-0.39, 0.29) is 24.6 Å². The van der Waals surface area contributed by atoms with Crippen molar-refractivity contribution in [3.8, 4) is 5.75 Å². The summed E-state index contributed by atoms with van der Waals surface area (Å²) in [6.07, 6.45) is -0.334. The number of ether oxygens (including phenoxy) is 2. The minimum Gasteiger partial charge on any atom is -0.496 e. The average molecular weight is 331 g/mol. The van der Waals surface area contributed by atoms with Crippen LogP contribution in [0.5, 0.6) is 5.75 Å². The van der Waals surface area contributed by atoms with Crippen LogP contribution in [0.25, 0.3) is 0 Å². The molecular formula is C19H22FNO3. The molecule has 2 aromatic carbocycles. The number of nitrogens with zero attached hydrogens (tertiary/aromatic N) is 1. The van der Waals surface area contributed by atoms with Crippen LogP contribution in [0.1, 0.15) is 17.2 Å². The molecule has 1 aliphatic heterocycles. The smallest absolute Gasteiger partial charge is 0.131 e. The Balaban J connectivity index is 1.93. The molecular weight excluding hydrogens is 309 g/mol. The van der Waals surface area contributed by atoms with Gasteiger partial charge in [0.25, 0.3) is 0 Å². The summed E-state index contributed by atoms with van der Waals surface area (Å²) in [6.45, 7) is 1.48. The molecule has 5 heteroatoms. The normalized spacial score (nSPS) is 21.6. The van der Waals surface area contributed by atoms with Gasteiger partial charge in [-0.05, 0) is 17.7 Å². The Hall–Kier alpha value is -1.95. The Morgan fingerprint density at radius 1 is 1.21 bits per heavy atom. The maximum atomic E-state index is 14.3. The molecule has 128 valence electrons. The second-order valence-electron chi connectivity index (χ2n) is 5.84. The summed E-state index contributed by atoms with van der Waals surface area (Å²) >= 11 is 0. The van der Waals surface area contributed by atoms with Crippen LogP contribution in [0.2, 0.25) is 0 Å². The van der Waals surface area contributed by atoms with Crippen molar-refractivity contribution in [2.45, 2.75) is 18.7 Å². The molecule has 1 aliphatic rings. The van der Waals surface area contributed by atoms with Gasteiger partial charge in [0.1, 0.15) is 17.7 Å². The summed E-state index contributed by atoms with van der Waals surface area (Å²) in [7, 11) is 1.54. The molecule has 2 atom stereocenters. The lowest BCUT2D eigenvalue weighted by Crippen LogP contribution is -2.46. The second kappa shape index (κ2) is 7.75. The summed E-state index contributed by atoms with van der Waals surface area (Å²) < 4.78 is 25.4. The molecule has 0 aromatic heterocycles. The van der Waals surface area contributed by atoms with Crippen molar-refractivity contribution in [1.82, 2.24) is 4.90 Å². The Morgan fingerprint density at radius 2 is 2.00 bits per heavy atom. The van der Waals surface area contributed by atoms with Gasteiger partial charge in [0, 0.05) is 18.7 Å². The number of methoxy groups -OCH3 is 1. The minimum atomic E-state index is -0.334. The zero-order chi connectivity index (χ0) is 16.9. The number of hydrogen-bond acceptors (Lipinski definition) is 4. The van der Waals surface area contributed by atoms with Crippen LogP contribution >= 0.6 is 0 Å². The van der Waals surface area contributed by atoms with E-state index < -0.39 is 0 Å². The predicted molar refractivity (Wildman–Crippen MR) is 89.4 cm³/mol. The van der Waals surface area contributed by atoms with Gasteiger partial charge < -0.3 is 14.6 Å². The molecule has 0 amide bonds. The highest BCUT2D eigenvalue weighted by molar-refractivity contribution is 5.35. The van der Waals surface area contributed by atoms with Gasteiger partial charge in [0.2, 0.25) is 0 Å². The molecule has 24 heavy (non-hydrogen) atoms. The zero-order valence-electron chi connectivity index (χ0n) is 13.7. The molecule has 0 unspecified atom stereocenters. The van der Waals surface area contributed by atoms with Crippen molar-refractivity contribution in [3.05, 3.63) is 65.5 Å². The van der Waals surface area contributed by atoms with E-state index in [9.17, 15) is 9.50 Å². The average Bonchev–Trinajstić information content (AvgIpc) is 2.63. The number of rotatable bonds is 5. The van der Waals surface area contributed by atoms with Gasteiger partial charge in [-0.2, -0.15) is 0 Å². The monoisotopic (exact) mass is 331 g/mol. The van der Waals surface area contributed by atoms with Crippen molar-refractivity contribution in [2.24, 2.45) is 0 Å². The van der Waals surface area contributed by atoms with E-state index >= 15 is 0 Å². The third kappa shape index (κ3) is 3.43. The second-order valence-corrected chi connectivity index (χ2v) is 5.84. The van der Waals surface area contributed by atoms with Gasteiger partial charge in [-0.25, -0.2) is 4.39 Å². The van der Waals surface area contributed by atoms with Crippen LogP contribution in [-0.2, 0) is 11.3 Å². The van der Waals surface area contributed by atoms with Crippen LogP contribution in [0, 0.1) is 5.82 Å². The van der Waals surface area contributed by atoms with Gasteiger partial charge in [0.15, 0.2) is 0 Å². The molecule has 1 N–H and O–H groups in total. The van der Waals surface area contributed by atoms with Crippen molar-refractivity contribution < 1.29 is 19.0 Å². The Kier molecular flexibility index (Phi) is 5.45. The highest BCUT2D eigenvalue weighted by atomic mass is 19.1. The third-order valence-corrected chi connectivity index (χ3v) is 4.43. The van der Waals surface area contributed by atoms with E-state index in [1.165, 1.54) is 6.07 Å². The largest absolute Gasteiger partial charge is 0.496 e. The number of aliphatic hydroxyl groups excluding tert-OH is 1. The highest BCUT2D eigenvalue weighted by Gasteiger charge is 2.34. The van der Waals surface area contributed by atoms with Gasteiger partial charge in [-0.1, -0.05) is 36.4 Å². The highest BCUT2D eigenvalue weighted by Crippen LogP contribution is 2.33. The van der Waals surface area contributed by atoms with Crippen molar-refractivity contribution in [1.29, 1.82) is 0 Å². The lowest BCUT2D eigenvalue weighted by Gasteiger charge is -2.41. The van der Waals surface area contributed by atoms with Crippen molar-refractivity contribution in [2.75, 3.05) is 26.9 Å². The van der Waals surface area contributed by atoms with Gasteiger partial charge in [-0.15, -0.1) is 0 Å². The quantitative estimate of drug-likeness (QED) is 0.915. The van der Waals surface area contributed by atoms with E-state index in [0.717, 1.165) is 5.56 Å². The number of benzene rings is 2. The van der Waals surface area contributed by atoms with Crippen LogP contribution in [0.4, 0.5) is 4.39 Å². The summed E-state index contributed by atoms with van der Waals surface area (Å²) in [5.74, 6) is 0.252. The Morgan fingerprint density at radius 3 is 2.71 bits per heavy atom. The number of aliphatic hydroxyl groups is 1. The first-order valence-corrected chi connectivity index (χ1v) is 8.07. The van der Waals surface area contributed by atoms with E-state index in [1.54, 1.807) is 19.2 Å². The molecule has 0 saturated carbocycles. The Labute approximate surface area is 141 Å². The molecule has 1 fully saturated rings. The van der Waals surface area contributed by atoms with Crippen LogP contribution in [0.15, 0.2) is 48.5 Å². The maximum absolute atomic E-state index is 14.3. The summed E-state index contributed by atoms with van der Waals surface area (Å²) in [5.41, 5.74) is 1.58. The van der Waals surface area contributed by atoms with Gasteiger partial charge in [0.05, 0.1) is 26.4 Å². The molecule has 3 rings (SSSR count). The first-order valence-electron chi connectivity index (χ1n) is 8.07. The zero-order valence-corrected chi connectivity index (χ0v) is 13.7. The molecule has 1 saturated heterocycles. The van der Waals surface area contributed by atoms with Crippen molar-refractivity contribution >= 4 is 0 Å². The number of hydrogen-bond donors (Lipinski definition) is 1. The van der Waals surface area contributed by atoms with Gasteiger partial charge in [-0.3, -0.25) is 4.90 Å². The van der Waals surface area contributed by atoms with Crippen molar-refractivity contribution in [3.63, 3.8) is 0 Å². The van der Waals surface area contributed by atoms with E-state index in [1.807, 2.05) is 30.3 Å². The molecule has 0 spiro atoms. The fourth-order valence-corrected chi connectivity index (χ4v) is 3.28. The van der Waals surface area contributed by atoms with Crippen LogP contribution in [-0.4, -0.2) is 43.0 Å². The molecule has 1 heterocycles. The van der Waals surface area contributed by atoms with Gasteiger partial charge >= 0.3 is 0 Å². The molecule has 0 radical (unpaired) electrons. The predicted octanol–water partition coefficient (Wildman–Crippen LogP) is 2.77. The number of halogens is 1. The summed E-state index contributed by atoms with van der Waals surface area (Å²) in [5, 5.41) is 9.71. The third-order valence-electron chi connectivity index (χ3n) is 4.43. The molecule has 4 nitrogen and oxygen atoms in total. The van der Waals surface area contributed by atoms with Crippen LogP contribution in [0.3, 0.4) is 0 Å². The van der Waals surface area contributed by atoms with E-state index in [4.69, 9.17) is 9.47 Å². The Bertz CT molecular complexity index is 665. The molecule has 0 aliphatic carbocycles. The van der Waals surface area contributed by atoms with E-state index in [2.05, 4.69) is 4.90 Å². The lowest BCUT2D eigenvalue weighted by atomic mass is 9.97. The number of morpholine rings is 1. The van der Waals surface area contributed by atoms with Crippen LogP contribution < -0.4 is 4.74 Å². The fourth-order valence-electron chi connectivity index (χ4n) is 3.28. The first kappa shape index (κ1) is 16.9. The summed E-state index contributed by atoms with van der Waals surface area (Å²) in [4.78, 5) is 2.14. The first-order chi connectivity index (χ1) is 11.7. The molecule has 0 bridgehead atoms. The summed E-state index contributed by atoms with van der Waals surface area (Å²) in [6, 6.07) is 14.6. The minimum absolute atomic E-state index is 0.0789. The fraction of sp³-hybridized carbons (Fsp3) is 0.368. The maximum Gasteiger partial charge on any atom is 0.131 e. The van der Waals surface area contributed by atoms with E-state index in [0.29, 0.717) is 31.0 Å². The standard InChI is InChI=1S/C19H22FNO3/c1-23-17-9-5-8-16(20)15(17)12-21-10-11-24-18(13-22)19(21)14-6-3-2-4-7-14/h2-9,18-19,22H,10-13H2,1H3/t18-,19-/m1/s1. The SMILES string of the molecule is COc1cccc(F)c1CN1CCO[C@H](CO)[C@H]1c1ccccc1. The molecule has 2 aromatic rings. The topological polar surface area (TPSA) is 41.9 Å².